The highest BCUT2D eigenvalue weighted by atomic mass is 16.5. The second-order valence-electron chi connectivity index (χ2n) is 7.11. The van der Waals surface area contributed by atoms with E-state index in [9.17, 15) is 19.2 Å². The topological polar surface area (TPSA) is 108 Å². The minimum atomic E-state index is -0.907. The smallest absolute Gasteiger partial charge is 0.335 e. The van der Waals surface area contributed by atoms with E-state index in [1.54, 1.807) is 55.5 Å². The number of para-hydroxylation sites is 1. The molecular weight excluding hydrogens is 412 g/mol. The summed E-state index contributed by atoms with van der Waals surface area (Å²) in [5.74, 6) is -2.40. The van der Waals surface area contributed by atoms with Crippen LogP contribution < -0.4 is 20.0 Å². The van der Waals surface area contributed by atoms with Crippen LogP contribution in [0.4, 0.5) is 16.2 Å². The second-order valence-corrected chi connectivity index (χ2v) is 7.11. The Labute approximate surface area is 183 Å². The Morgan fingerprint density at radius 2 is 1.69 bits per heavy atom. The monoisotopic (exact) mass is 432 g/mol. The molecule has 0 aliphatic carbocycles. The summed E-state index contributed by atoms with van der Waals surface area (Å²) < 4.78 is 5.37. The molecule has 5 amide bonds. The van der Waals surface area contributed by atoms with Crippen molar-refractivity contribution >= 4 is 40.8 Å². The highest BCUT2D eigenvalue weighted by Gasteiger charge is 2.40. The molecule has 1 N–H and O–H groups in total. The van der Waals surface area contributed by atoms with Gasteiger partial charge in [0.2, 0.25) is 0 Å². The number of rotatable bonds is 5. The molecule has 2 aliphatic rings. The lowest BCUT2D eigenvalue weighted by atomic mass is 9.98. The van der Waals surface area contributed by atoms with Gasteiger partial charge in [0.25, 0.3) is 17.7 Å². The number of hydrazone groups is 1. The van der Waals surface area contributed by atoms with E-state index in [0.717, 1.165) is 4.90 Å². The first-order valence-electron chi connectivity index (χ1n) is 9.99. The molecule has 2 aromatic carbocycles. The van der Waals surface area contributed by atoms with Gasteiger partial charge in [0.05, 0.1) is 29.6 Å². The molecule has 1 saturated heterocycles. The molecule has 162 valence electrons. The van der Waals surface area contributed by atoms with Crippen molar-refractivity contribution in [2.75, 3.05) is 16.5 Å². The molecule has 4 rings (SSSR count). The molecule has 9 heteroatoms. The van der Waals surface area contributed by atoms with Gasteiger partial charge in [-0.2, -0.15) is 10.1 Å². The Morgan fingerprint density at radius 1 is 1.00 bits per heavy atom. The molecule has 0 bridgehead atoms. The molecule has 0 spiro atoms. The van der Waals surface area contributed by atoms with Crippen molar-refractivity contribution < 1.29 is 23.9 Å². The van der Waals surface area contributed by atoms with E-state index >= 15 is 0 Å². The molecule has 2 heterocycles. The first kappa shape index (κ1) is 21.0. The number of benzene rings is 2. The molecule has 32 heavy (non-hydrogen) atoms. The average Bonchev–Trinajstić information content (AvgIpc) is 3.06. The number of ether oxygens (including phenoxy) is 1. The summed E-state index contributed by atoms with van der Waals surface area (Å²) in [6.07, 6.45) is 1.26. The van der Waals surface area contributed by atoms with Gasteiger partial charge >= 0.3 is 6.03 Å². The van der Waals surface area contributed by atoms with Crippen LogP contribution in [0.25, 0.3) is 0 Å². The van der Waals surface area contributed by atoms with Crippen molar-refractivity contribution in [3.63, 3.8) is 0 Å². The largest absolute Gasteiger partial charge is 0.494 e. The van der Waals surface area contributed by atoms with Gasteiger partial charge in [-0.1, -0.05) is 18.2 Å². The van der Waals surface area contributed by atoms with Crippen LogP contribution in [-0.4, -0.2) is 36.1 Å². The van der Waals surface area contributed by atoms with Crippen LogP contribution >= 0.6 is 0 Å². The number of nitrogens with one attached hydrogen (secondary N) is 1. The summed E-state index contributed by atoms with van der Waals surface area (Å²) in [5, 5.41) is 7.67. The maximum atomic E-state index is 13.1. The molecule has 0 aromatic heterocycles. The second kappa shape index (κ2) is 8.46. The number of carbonyl (C=O) groups is 4. The van der Waals surface area contributed by atoms with E-state index in [4.69, 9.17) is 4.74 Å². The summed E-state index contributed by atoms with van der Waals surface area (Å²) in [7, 11) is 0. The van der Waals surface area contributed by atoms with Gasteiger partial charge in [-0.3, -0.25) is 19.7 Å². The first-order chi connectivity index (χ1) is 15.4. The number of hydrogen-bond donors (Lipinski definition) is 1. The number of nitrogens with zero attached hydrogens (tertiary/aromatic N) is 3. The molecular formula is C23H20N4O5. The van der Waals surface area contributed by atoms with Gasteiger partial charge in [-0.15, -0.1) is 0 Å². The van der Waals surface area contributed by atoms with Crippen molar-refractivity contribution in [1.29, 1.82) is 0 Å². The standard InChI is InChI=1S/C23H20N4O5/c1-3-32-17-11-9-15(10-12-17)26-21(29)19(20(28)24-23(26)31)13-18-14(2)25-27(22(18)30)16-7-5-4-6-8-16/h4-13,18H,3H2,1-2H3,(H,24,28,31). The zero-order chi connectivity index (χ0) is 22.8. The lowest BCUT2D eigenvalue weighted by Gasteiger charge is -2.26. The van der Waals surface area contributed by atoms with Crippen molar-refractivity contribution in [3.05, 3.63) is 66.2 Å². The van der Waals surface area contributed by atoms with Crippen molar-refractivity contribution in [2.45, 2.75) is 13.8 Å². The predicted octanol–water partition coefficient (Wildman–Crippen LogP) is 2.63. The third kappa shape index (κ3) is 3.76. The summed E-state index contributed by atoms with van der Waals surface area (Å²) in [4.78, 5) is 51.7. The lowest BCUT2D eigenvalue weighted by Crippen LogP contribution is -2.54. The van der Waals surface area contributed by atoms with Crippen LogP contribution in [0.3, 0.4) is 0 Å². The Morgan fingerprint density at radius 3 is 2.34 bits per heavy atom. The van der Waals surface area contributed by atoms with Crippen LogP contribution in [0.1, 0.15) is 13.8 Å². The molecule has 0 saturated carbocycles. The Hall–Kier alpha value is -4.27. The molecule has 1 fully saturated rings. The number of hydrogen-bond acceptors (Lipinski definition) is 6. The SMILES string of the molecule is CCOc1ccc(N2C(=O)NC(=O)C(=CC3C(=O)N(c4ccccc4)N=C3C)C2=O)cc1. The Bertz CT molecular complexity index is 1150. The molecule has 2 aliphatic heterocycles. The van der Waals surface area contributed by atoms with Gasteiger partial charge in [0, 0.05) is 0 Å². The summed E-state index contributed by atoms with van der Waals surface area (Å²) in [5.41, 5.74) is 0.963. The predicted molar refractivity (Wildman–Crippen MR) is 117 cm³/mol. The van der Waals surface area contributed by atoms with Gasteiger partial charge in [0.1, 0.15) is 11.3 Å². The fraction of sp³-hybridized carbons (Fsp3) is 0.174. The Kier molecular flexibility index (Phi) is 5.55. The zero-order valence-corrected chi connectivity index (χ0v) is 17.4. The quantitative estimate of drug-likeness (QED) is 0.577. The highest BCUT2D eigenvalue weighted by molar-refractivity contribution is 6.38. The van der Waals surface area contributed by atoms with Crippen molar-refractivity contribution in [2.24, 2.45) is 11.0 Å². The number of anilines is 2. The van der Waals surface area contributed by atoms with Crippen LogP contribution in [-0.2, 0) is 14.4 Å². The minimum absolute atomic E-state index is 0.267. The van der Waals surface area contributed by atoms with Gasteiger partial charge in [-0.25, -0.2) is 9.69 Å². The summed E-state index contributed by atoms with van der Waals surface area (Å²) >= 11 is 0. The fourth-order valence-corrected chi connectivity index (χ4v) is 3.46. The van der Waals surface area contributed by atoms with E-state index in [1.165, 1.54) is 11.1 Å². The normalized spacial score (nSPS) is 20.0. The number of amides is 5. The van der Waals surface area contributed by atoms with Crippen molar-refractivity contribution in [3.8, 4) is 5.75 Å². The minimum Gasteiger partial charge on any atom is -0.494 e. The highest BCUT2D eigenvalue weighted by Crippen LogP contribution is 2.28. The Balaban J connectivity index is 1.63. The van der Waals surface area contributed by atoms with Crippen LogP contribution in [0.2, 0.25) is 0 Å². The molecule has 2 aromatic rings. The van der Waals surface area contributed by atoms with Crippen LogP contribution in [0.5, 0.6) is 5.75 Å². The zero-order valence-electron chi connectivity index (χ0n) is 17.4. The lowest BCUT2D eigenvalue weighted by molar-refractivity contribution is -0.122. The molecule has 1 unspecified atom stereocenters. The van der Waals surface area contributed by atoms with E-state index in [2.05, 4.69) is 10.4 Å². The van der Waals surface area contributed by atoms with E-state index in [-0.39, 0.29) is 11.3 Å². The maximum absolute atomic E-state index is 13.1. The summed E-state index contributed by atoms with van der Waals surface area (Å²) in [6.45, 7) is 3.95. The number of barbiturate groups is 1. The molecule has 0 radical (unpaired) electrons. The maximum Gasteiger partial charge on any atom is 0.335 e. The third-order valence-electron chi connectivity index (χ3n) is 5.02. The van der Waals surface area contributed by atoms with Gasteiger partial charge < -0.3 is 4.74 Å². The molecule has 1 atom stereocenters. The van der Waals surface area contributed by atoms with Crippen molar-refractivity contribution in [1.82, 2.24) is 5.32 Å². The number of imide groups is 2. The number of carbonyl (C=O) groups excluding carboxylic acids is 4. The first-order valence-corrected chi connectivity index (χ1v) is 9.99. The average molecular weight is 432 g/mol. The fourth-order valence-electron chi connectivity index (χ4n) is 3.46. The van der Waals surface area contributed by atoms with E-state index < -0.39 is 29.7 Å². The van der Waals surface area contributed by atoms with E-state index in [1.807, 2.05) is 13.0 Å². The van der Waals surface area contributed by atoms with Gasteiger partial charge in [0.15, 0.2) is 0 Å². The van der Waals surface area contributed by atoms with E-state index in [0.29, 0.717) is 23.8 Å². The molecule has 9 nitrogen and oxygen atoms in total. The third-order valence-corrected chi connectivity index (χ3v) is 5.02. The number of urea groups is 1. The summed E-state index contributed by atoms with van der Waals surface area (Å²) in [6, 6.07) is 14.3. The van der Waals surface area contributed by atoms with Crippen LogP contribution in [0, 0.1) is 5.92 Å². The van der Waals surface area contributed by atoms with Crippen LogP contribution in [0.15, 0.2) is 71.3 Å². The van der Waals surface area contributed by atoms with Gasteiger partial charge in [-0.05, 0) is 56.3 Å².